The molecule has 0 radical (unpaired) electrons. The van der Waals surface area contributed by atoms with Gasteiger partial charge < -0.3 is 15.2 Å². The van der Waals surface area contributed by atoms with Gasteiger partial charge in [-0.05, 0) is 12.8 Å². The van der Waals surface area contributed by atoms with E-state index in [-0.39, 0.29) is 12.0 Å². The van der Waals surface area contributed by atoms with Crippen LogP contribution in [0.15, 0.2) is 0 Å². The summed E-state index contributed by atoms with van der Waals surface area (Å²) >= 11 is 0. The zero-order valence-electron chi connectivity index (χ0n) is 5.41. The highest BCUT2D eigenvalue weighted by molar-refractivity contribution is 5.65. The molecule has 0 bridgehead atoms. The number of carboxylic acid groups (broad SMARTS) is 1. The van der Waals surface area contributed by atoms with Gasteiger partial charge in [0.15, 0.2) is 0 Å². The lowest BCUT2D eigenvalue weighted by Gasteiger charge is -2.30. The van der Waals surface area contributed by atoms with E-state index in [4.69, 9.17) is 5.11 Å². The minimum atomic E-state index is -1.01. The van der Waals surface area contributed by atoms with E-state index in [9.17, 15) is 9.59 Å². The molecule has 56 valence electrons. The first kappa shape index (κ1) is 7.05. The molecular formula is C6H9NO3. The fourth-order valence-corrected chi connectivity index (χ4v) is 1.07. The summed E-state index contributed by atoms with van der Waals surface area (Å²) in [5.74, 6) is 0.0804. The van der Waals surface area contributed by atoms with Crippen molar-refractivity contribution in [2.45, 2.75) is 18.9 Å². The first-order chi connectivity index (χ1) is 4.72. The van der Waals surface area contributed by atoms with Crippen molar-refractivity contribution in [3.63, 3.8) is 0 Å². The van der Waals surface area contributed by atoms with Crippen LogP contribution in [0.2, 0.25) is 0 Å². The monoisotopic (exact) mass is 143 g/mol. The standard InChI is InChI=1S/C6H9NO3/c8-3-4-1-5(2-4)7-6(9)10/h3-5,7H,1-2H2,(H,9,10). The predicted octanol–water partition coefficient (Wildman–Crippen LogP) is 0.231. The summed E-state index contributed by atoms with van der Waals surface area (Å²) in [6, 6.07) is 0.00713. The van der Waals surface area contributed by atoms with E-state index in [1.807, 2.05) is 0 Å². The third-order valence-corrected chi connectivity index (χ3v) is 1.69. The summed E-state index contributed by atoms with van der Waals surface area (Å²) in [6.07, 6.45) is 1.19. The maximum atomic E-state index is 10.0. The van der Waals surface area contributed by atoms with Crippen LogP contribution in [0.4, 0.5) is 4.79 Å². The topological polar surface area (TPSA) is 66.4 Å². The Morgan fingerprint density at radius 3 is 2.60 bits per heavy atom. The number of amides is 1. The van der Waals surface area contributed by atoms with Crippen molar-refractivity contribution in [2.75, 3.05) is 0 Å². The molecule has 0 saturated heterocycles. The van der Waals surface area contributed by atoms with Crippen LogP contribution in [-0.4, -0.2) is 23.5 Å². The van der Waals surface area contributed by atoms with Gasteiger partial charge in [0.1, 0.15) is 6.29 Å². The summed E-state index contributed by atoms with van der Waals surface area (Å²) in [5, 5.41) is 10.5. The lowest BCUT2D eigenvalue weighted by Crippen LogP contribution is -2.44. The first-order valence-electron chi connectivity index (χ1n) is 3.17. The molecular weight excluding hydrogens is 134 g/mol. The van der Waals surface area contributed by atoms with Crippen LogP contribution in [0.1, 0.15) is 12.8 Å². The molecule has 0 unspecified atom stereocenters. The SMILES string of the molecule is O=CC1CC(NC(=O)O)C1. The smallest absolute Gasteiger partial charge is 0.404 e. The van der Waals surface area contributed by atoms with E-state index in [0.717, 1.165) is 6.29 Å². The molecule has 1 saturated carbocycles. The molecule has 0 heterocycles. The fraction of sp³-hybridized carbons (Fsp3) is 0.667. The Balaban J connectivity index is 2.14. The average Bonchev–Trinajstić information content (AvgIpc) is 1.76. The van der Waals surface area contributed by atoms with Crippen molar-refractivity contribution in [3.05, 3.63) is 0 Å². The van der Waals surface area contributed by atoms with Gasteiger partial charge in [-0.2, -0.15) is 0 Å². The van der Waals surface area contributed by atoms with Gasteiger partial charge in [0.25, 0.3) is 0 Å². The Kier molecular flexibility index (Phi) is 1.89. The molecule has 1 rings (SSSR count). The Morgan fingerprint density at radius 2 is 2.20 bits per heavy atom. The summed E-state index contributed by atoms with van der Waals surface area (Å²) in [7, 11) is 0. The fourth-order valence-electron chi connectivity index (χ4n) is 1.07. The van der Waals surface area contributed by atoms with Gasteiger partial charge >= 0.3 is 6.09 Å². The second-order valence-corrected chi connectivity index (χ2v) is 2.51. The average molecular weight is 143 g/mol. The Morgan fingerprint density at radius 1 is 1.60 bits per heavy atom. The largest absolute Gasteiger partial charge is 0.465 e. The summed E-state index contributed by atoms with van der Waals surface area (Å²) in [5.41, 5.74) is 0. The molecule has 0 aromatic heterocycles. The molecule has 1 amide bonds. The zero-order valence-corrected chi connectivity index (χ0v) is 5.41. The van der Waals surface area contributed by atoms with Crippen molar-refractivity contribution >= 4 is 12.4 Å². The number of rotatable bonds is 2. The van der Waals surface area contributed by atoms with Gasteiger partial charge in [-0.15, -0.1) is 0 Å². The molecule has 1 fully saturated rings. The molecule has 0 aromatic rings. The van der Waals surface area contributed by atoms with Crippen LogP contribution >= 0.6 is 0 Å². The van der Waals surface area contributed by atoms with Crippen LogP contribution < -0.4 is 5.32 Å². The number of hydrogen-bond acceptors (Lipinski definition) is 2. The third-order valence-electron chi connectivity index (χ3n) is 1.69. The maximum absolute atomic E-state index is 10.0. The molecule has 10 heavy (non-hydrogen) atoms. The van der Waals surface area contributed by atoms with Crippen LogP contribution in [0.5, 0.6) is 0 Å². The van der Waals surface area contributed by atoms with Crippen LogP contribution in [0.25, 0.3) is 0 Å². The van der Waals surface area contributed by atoms with Crippen LogP contribution in [0, 0.1) is 5.92 Å². The number of carbonyl (C=O) groups is 2. The highest BCUT2D eigenvalue weighted by Crippen LogP contribution is 2.24. The molecule has 2 N–H and O–H groups in total. The third kappa shape index (κ3) is 1.46. The molecule has 4 heteroatoms. The van der Waals surface area contributed by atoms with Gasteiger partial charge in [0.05, 0.1) is 0 Å². The van der Waals surface area contributed by atoms with E-state index in [0.29, 0.717) is 12.8 Å². The Hall–Kier alpha value is -1.06. The number of nitrogens with one attached hydrogen (secondary N) is 1. The van der Waals surface area contributed by atoms with E-state index in [2.05, 4.69) is 5.32 Å². The van der Waals surface area contributed by atoms with E-state index in [1.54, 1.807) is 0 Å². The summed E-state index contributed by atoms with van der Waals surface area (Å²) in [4.78, 5) is 20.0. The quantitative estimate of drug-likeness (QED) is 0.544. The van der Waals surface area contributed by atoms with Crippen LogP contribution in [0.3, 0.4) is 0 Å². The Bertz CT molecular complexity index is 151. The molecule has 0 aliphatic heterocycles. The van der Waals surface area contributed by atoms with Gasteiger partial charge in [-0.1, -0.05) is 0 Å². The van der Waals surface area contributed by atoms with E-state index < -0.39 is 6.09 Å². The summed E-state index contributed by atoms with van der Waals surface area (Å²) < 4.78 is 0. The van der Waals surface area contributed by atoms with Crippen molar-refractivity contribution < 1.29 is 14.7 Å². The molecule has 0 spiro atoms. The maximum Gasteiger partial charge on any atom is 0.404 e. The minimum absolute atomic E-state index is 0.00713. The Labute approximate surface area is 58.2 Å². The zero-order chi connectivity index (χ0) is 7.56. The van der Waals surface area contributed by atoms with E-state index >= 15 is 0 Å². The van der Waals surface area contributed by atoms with Gasteiger partial charge in [0, 0.05) is 12.0 Å². The second kappa shape index (κ2) is 2.68. The predicted molar refractivity (Wildman–Crippen MR) is 33.7 cm³/mol. The normalized spacial score (nSPS) is 30.4. The second-order valence-electron chi connectivity index (χ2n) is 2.51. The minimum Gasteiger partial charge on any atom is -0.465 e. The van der Waals surface area contributed by atoms with Gasteiger partial charge in [-0.25, -0.2) is 4.79 Å². The number of hydrogen-bond donors (Lipinski definition) is 2. The van der Waals surface area contributed by atoms with Gasteiger partial charge in [-0.3, -0.25) is 0 Å². The van der Waals surface area contributed by atoms with Crippen molar-refractivity contribution in [3.8, 4) is 0 Å². The lowest BCUT2D eigenvalue weighted by molar-refractivity contribution is -0.113. The molecule has 0 atom stereocenters. The van der Waals surface area contributed by atoms with Crippen molar-refractivity contribution in [2.24, 2.45) is 5.92 Å². The first-order valence-corrected chi connectivity index (χ1v) is 3.17. The lowest BCUT2D eigenvalue weighted by atomic mass is 9.81. The molecule has 0 aromatic carbocycles. The van der Waals surface area contributed by atoms with Gasteiger partial charge in [0.2, 0.25) is 0 Å². The molecule has 4 nitrogen and oxygen atoms in total. The number of carbonyl (C=O) groups excluding carboxylic acids is 1. The molecule has 1 aliphatic carbocycles. The highest BCUT2D eigenvalue weighted by atomic mass is 16.4. The number of aldehydes is 1. The van der Waals surface area contributed by atoms with E-state index in [1.165, 1.54) is 0 Å². The van der Waals surface area contributed by atoms with Crippen molar-refractivity contribution in [1.82, 2.24) is 5.32 Å². The summed E-state index contributed by atoms with van der Waals surface area (Å²) in [6.45, 7) is 0. The molecule has 1 aliphatic rings. The highest BCUT2D eigenvalue weighted by Gasteiger charge is 2.29. The van der Waals surface area contributed by atoms with Crippen LogP contribution in [-0.2, 0) is 4.79 Å². The van der Waals surface area contributed by atoms with Crippen molar-refractivity contribution in [1.29, 1.82) is 0 Å².